The summed E-state index contributed by atoms with van der Waals surface area (Å²) >= 11 is 0. The summed E-state index contributed by atoms with van der Waals surface area (Å²) in [7, 11) is 0. The van der Waals surface area contributed by atoms with Gasteiger partial charge in [-0.25, -0.2) is 0 Å². The maximum atomic E-state index is 13.0. The molecule has 2 aromatic carbocycles. The Morgan fingerprint density at radius 2 is 1.71 bits per heavy atom. The van der Waals surface area contributed by atoms with Crippen LogP contribution in [0.5, 0.6) is 0 Å². The second-order valence-corrected chi connectivity index (χ2v) is 7.21. The van der Waals surface area contributed by atoms with Gasteiger partial charge < -0.3 is 9.52 Å². The number of carbonyl (C=O) groups excluding carboxylic acids is 2. The van der Waals surface area contributed by atoms with E-state index >= 15 is 0 Å². The molecule has 1 N–H and O–H groups in total. The lowest BCUT2D eigenvalue weighted by atomic mass is 9.99. The van der Waals surface area contributed by atoms with Crippen LogP contribution in [0.4, 0.5) is 11.4 Å². The number of hydrogen-bond donors (Lipinski definition) is 1. The number of anilines is 1. The smallest absolute Gasteiger partial charge is 0.300 e. The number of aliphatic hydroxyl groups is 1. The number of Topliss-reactive ketones (excluding diaryl/α,β-unsaturated/α-hetero) is 1. The number of nitro benzene ring substituents is 1. The van der Waals surface area contributed by atoms with Gasteiger partial charge in [0.05, 0.1) is 10.5 Å². The van der Waals surface area contributed by atoms with Gasteiger partial charge in [0.2, 0.25) is 0 Å². The average molecular weight is 418 g/mol. The number of para-hydroxylation sites is 1. The Labute approximate surface area is 177 Å². The summed E-state index contributed by atoms with van der Waals surface area (Å²) in [6.45, 7) is 3.55. The maximum Gasteiger partial charge on any atom is 0.300 e. The molecule has 1 aliphatic rings. The summed E-state index contributed by atoms with van der Waals surface area (Å²) in [6.07, 6.45) is 0. The SMILES string of the molecule is Cc1ccc(C2/C(=C(/O)c3ccc([N+](=O)[O-])cc3)C(=O)C(=O)N2c2ccccc2C)o1. The van der Waals surface area contributed by atoms with Crippen molar-refractivity contribution in [2.45, 2.75) is 19.9 Å². The number of nitrogens with zero attached hydrogens (tertiary/aromatic N) is 2. The minimum absolute atomic E-state index is 0.142. The highest BCUT2D eigenvalue weighted by atomic mass is 16.6. The molecular weight excluding hydrogens is 400 g/mol. The van der Waals surface area contributed by atoms with Gasteiger partial charge in [-0.1, -0.05) is 18.2 Å². The van der Waals surface area contributed by atoms with Gasteiger partial charge in [0.25, 0.3) is 17.4 Å². The molecule has 1 aromatic heterocycles. The highest BCUT2D eigenvalue weighted by molar-refractivity contribution is 6.51. The molecule has 1 amide bonds. The van der Waals surface area contributed by atoms with Crippen LogP contribution in [0.15, 0.2) is 70.7 Å². The van der Waals surface area contributed by atoms with Crippen molar-refractivity contribution in [3.63, 3.8) is 0 Å². The molecule has 2 heterocycles. The number of carbonyl (C=O) groups is 2. The highest BCUT2D eigenvalue weighted by Crippen LogP contribution is 2.43. The second-order valence-electron chi connectivity index (χ2n) is 7.21. The Hall–Kier alpha value is -4.20. The number of furan rings is 1. The molecule has 1 atom stereocenters. The van der Waals surface area contributed by atoms with E-state index in [0.29, 0.717) is 17.2 Å². The normalized spacial score (nSPS) is 17.9. The summed E-state index contributed by atoms with van der Waals surface area (Å²) in [5, 5.41) is 21.9. The highest BCUT2D eigenvalue weighted by Gasteiger charge is 2.48. The van der Waals surface area contributed by atoms with E-state index in [1.54, 1.807) is 31.2 Å². The topological polar surface area (TPSA) is 114 Å². The number of benzene rings is 2. The summed E-state index contributed by atoms with van der Waals surface area (Å²) in [5.74, 6) is -1.18. The van der Waals surface area contributed by atoms with Crippen molar-refractivity contribution in [3.8, 4) is 0 Å². The van der Waals surface area contributed by atoms with Crippen molar-refractivity contribution in [1.82, 2.24) is 0 Å². The van der Waals surface area contributed by atoms with Crippen LogP contribution in [-0.4, -0.2) is 21.7 Å². The van der Waals surface area contributed by atoms with Crippen LogP contribution in [0.3, 0.4) is 0 Å². The van der Waals surface area contributed by atoms with E-state index in [1.807, 2.05) is 19.1 Å². The lowest BCUT2D eigenvalue weighted by Crippen LogP contribution is -2.29. The minimum Gasteiger partial charge on any atom is -0.507 e. The van der Waals surface area contributed by atoms with Gasteiger partial charge in [-0.15, -0.1) is 0 Å². The van der Waals surface area contributed by atoms with Crippen LogP contribution in [0.25, 0.3) is 5.76 Å². The molecule has 31 heavy (non-hydrogen) atoms. The van der Waals surface area contributed by atoms with Crippen LogP contribution in [0, 0.1) is 24.0 Å². The summed E-state index contributed by atoms with van der Waals surface area (Å²) < 4.78 is 5.74. The molecule has 0 radical (unpaired) electrons. The van der Waals surface area contributed by atoms with Gasteiger partial charge in [0.15, 0.2) is 0 Å². The van der Waals surface area contributed by atoms with E-state index in [-0.39, 0.29) is 16.8 Å². The number of aliphatic hydroxyl groups excluding tert-OH is 1. The van der Waals surface area contributed by atoms with E-state index in [9.17, 15) is 24.8 Å². The lowest BCUT2D eigenvalue weighted by Gasteiger charge is -2.24. The van der Waals surface area contributed by atoms with Crippen molar-refractivity contribution in [2.24, 2.45) is 0 Å². The van der Waals surface area contributed by atoms with E-state index in [1.165, 1.54) is 29.2 Å². The van der Waals surface area contributed by atoms with E-state index < -0.39 is 28.4 Å². The maximum absolute atomic E-state index is 13.0. The Morgan fingerprint density at radius 3 is 2.29 bits per heavy atom. The van der Waals surface area contributed by atoms with Crippen LogP contribution in [0.2, 0.25) is 0 Å². The first-order chi connectivity index (χ1) is 14.8. The van der Waals surface area contributed by atoms with Gasteiger partial charge in [-0.3, -0.25) is 24.6 Å². The molecule has 4 rings (SSSR count). The van der Waals surface area contributed by atoms with Crippen molar-refractivity contribution >= 4 is 28.8 Å². The molecule has 8 heteroatoms. The second kappa shape index (κ2) is 7.56. The Balaban J connectivity index is 1.92. The molecule has 0 aliphatic carbocycles. The number of non-ortho nitro benzene ring substituents is 1. The largest absolute Gasteiger partial charge is 0.507 e. The van der Waals surface area contributed by atoms with E-state index in [2.05, 4.69) is 0 Å². The van der Waals surface area contributed by atoms with Crippen LogP contribution < -0.4 is 4.90 Å². The van der Waals surface area contributed by atoms with Gasteiger partial charge in [-0.2, -0.15) is 0 Å². The predicted molar refractivity (Wildman–Crippen MR) is 113 cm³/mol. The Kier molecular flexibility index (Phi) is 4.90. The van der Waals surface area contributed by atoms with Gasteiger partial charge in [0, 0.05) is 23.4 Å². The third-order valence-electron chi connectivity index (χ3n) is 5.20. The quantitative estimate of drug-likeness (QED) is 0.220. The zero-order valence-electron chi connectivity index (χ0n) is 16.7. The fraction of sp³-hybridized carbons (Fsp3) is 0.130. The number of amides is 1. The first kappa shape index (κ1) is 20.1. The van der Waals surface area contributed by atoms with Crippen molar-refractivity contribution in [1.29, 1.82) is 0 Å². The molecule has 1 unspecified atom stereocenters. The first-order valence-electron chi connectivity index (χ1n) is 9.47. The van der Waals surface area contributed by atoms with Crippen LogP contribution in [0.1, 0.15) is 28.7 Å². The number of nitro groups is 1. The molecule has 1 saturated heterocycles. The molecule has 156 valence electrons. The zero-order valence-corrected chi connectivity index (χ0v) is 16.7. The van der Waals surface area contributed by atoms with E-state index in [0.717, 1.165) is 5.56 Å². The fourth-order valence-corrected chi connectivity index (χ4v) is 3.68. The summed E-state index contributed by atoms with van der Waals surface area (Å²) in [5.41, 5.74) is 1.17. The van der Waals surface area contributed by atoms with Gasteiger partial charge in [0.1, 0.15) is 23.3 Å². The van der Waals surface area contributed by atoms with Crippen molar-refractivity contribution < 1.29 is 24.0 Å². The number of rotatable bonds is 4. The lowest BCUT2D eigenvalue weighted by molar-refractivity contribution is -0.384. The molecular formula is C23H18N2O6. The Morgan fingerprint density at radius 1 is 1.03 bits per heavy atom. The first-order valence-corrected chi connectivity index (χ1v) is 9.47. The molecule has 3 aromatic rings. The Bertz CT molecular complexity index is 1240. The monoisotopic (exact) mass is 418 g/mol. The predicted octanol–water partition coefficient (Wildman–Crippen LogP) is 4.43. The molecule has 0 bridgehead atoms. The average Bonchev–Trinajstić information content (AvgIpc) is 3.29. The molecule has 1 aliphatic heterocycles. The standard InChI is InChI=1S/C23H18N2O6/c1-13-5-3-4-6-17(13)24-20(18-12-7-14(2)31-18)19(22(27)23(24)28)21(26)15-8-10-16(11-9-15)25(29)30/h3-12,20,26H,1-2H3/b21-19-. The summed E-state index contributed by atoms with van der Waals surface area (Å²) in [6, 6.07) is 14.6. The fourth-order valence-electron chi connectivity index (χ4n) is 3.68. The van der Waals surface area contributed by atoms with Crippen molar-refractivity contribution in [3.05, 3.63) is 99.0 Å². The van der Waals surface area contributed by atoms with Crippen LogP contribution >= 0.6 is 0 Å². The zero-order chi connectivity index (χ0) is 22.3. The van der Waals surface area contributed by atoms with Gasteiger partial charge >= 0.3 is 0 Å². The molecule has 1 fully saturated rings. The number of ketones is 1. The number of aryl methyl sites for hydroxylation is 2. The number of hydrogen-bond acceptors (Lipinski definition) is 6. The third-order valence-corrected chi connectivity index (χ3v) is 5.20. The third kappa shape index (κ3) is 3.38. The molecule has 0 spiro atoms. The van der Waals surface area contributed by atoms with Crippen LogP contribution in [-0.2, 0) is 9.59 Å². The molecule has 0 saturated carbocycles. The van der Waals surface area contributed by atoms with E-state index in [4.69, 9.17) is 4.42 Å². The molecule has 8 nitrogen and oxygen atoms in total. The minimum atomic E-state index is -0.981. The summed E-state index contributed by atoms with van der Waals surface area (Å²) in [4.78, 5) is 37.7. The van der Waals surface area contributed by atoms with Gasteiger partial charge in [-0.05, 0) is 49.7 Å². The van der Waals surface area contributed by atoms with Crippen molar-refractivity contribution in [2.75, 3.05) is 4.90 Å².